The van der Waals surface area contributed by atoms with E-state index in [0.717, 1.165) is 4.88 Å². The van der Waals surface area contributed by atoms with Gasteiger partial charge in [-0.3, -0.25) is 9.59 Å². The molecule has 0 fully saturated rings. The molecule has 1 aliphatic rings. The van der Waals surface area contributed by atoms with Crippen LogP contribution < -0.4 is 10.9 Å². The maximum Gasteiger partial charge on any atom is 0.258 e. The molecule has 1 aromatic rings. The van der Waals surface area contributed by atoms with Crippen molar-refractivity contribution in [2.45, 2.75) is 6.92 Å². The predicted octanol–water partition coefficient (Wildman–Crippen LogP) is 0.320. The monoisotopic (exact) mass is 250 g/mol. The zero-order valence-electron chi connectivity index (χ0n) is 9.01. The van der Waals surface area contributed by atoms with Crippen LogP contribution in [-0.2, 0) is 9.59 Å². The molecule has 0 spiro atoms. The van der Waals surface area contributed by atoms with Gasteiger partial charge < -0.3 is 0 Å². The third-order valence-corrected chi connectivity index (χ3v) is 3.15. The van der Waals surface area contributed by atoms with Crippen LogP contribution in [0.4, 0.5) is 0 Å². The number of hydrogen-bond acceptors (Lipinski definition) is 5. The molecule has 17 heavy (non-hydrogen) atoms. The topological polar surface area (TPSA) is 82.9 Å². The van der Waals surface area contributed by atoms with Gasteiger partial charge in [-0.15, -0.1) is 11.3 Å². The Morgan fingerprint density at radius 1 is 1.65 bits per heavy atom. The number of hydrogen-bond donors (Lipinski definition) is 2. The van der Waals surface area contributed by atoms with Crippen molar-refractivity contribution in [2.75, 3.05) is 0 Å². The first-order chi connectivity index (χ1) is 8.18. The Morgan fingerprint density at radius 2 is 2.47 bits per heavy atom. The molecule has 2 heterocycles. The standard InChI is InChI=1S/C10H10N4O2S/c1-6(8-3-2-4-17-8)12-14-10(16)7-5-11-13-9(7)15/h2-5,7H,1H3,(H,13,15)(H,14,16)/b12-6-/t7-/m0/s1. The first-order valence-electron chi connectivity index (χ1n) is 4.89. The summed E-state index contributed by atoms with van der Waals surface area (Å²) >= 11 is 1.53. The fraction of sp³-hybridized carbons (Fsp3) is 0.200. The van der Waals surface area contributed by atoms with Crippen molar-refractivity contribution in [3.8, 4) is 0 Å². The number of carbonyl (C=O) groups excluding carboxylic acids is 2. The van der Waals surface area contributed by atoms with Gasteiger partial charge in [-0.1, -0.05) is 6.07 Å². The summed E-state index contributed by atoms with van der Waals surface area (Å²) in [6, 6.07) is 3.80. The number of amides is 2. The van der Waals surface area contributed by atoms with Gasteiger partial charge in [0.1, 0.15) is 0 Å². The van der Waals surface area contributed by atoms with Crippen LogP contribution in [0.1, 0.15) is 11.8 Å². The molecule has 0 saturated heterocycles. The summed E-state index contributed by atoms with van der Waals surface area (Å²) in [6.45, 7) is 1.79. The van der Waals surface area contributed by atoms with Crippen LogP contribution in [0.25, 0.3) is 0 Å². The van der Waals surface area contributed by atoms with E-state index < -0.39 is 17.7 Å². The Hall–Kier alpha value is -2.02. The first kappa shape index (κ1) is 11.5. The highest BCUT2D eigenvalue weighted by Crippen LogP contribution is 2.09. The number of thiophene rings is 1. The molecule has 1 aromatic heterocycles. The summed E-state index contributed by atoms with van der Waals surface area (Å²) in [5.74, 6) is -1.82. The van der Waals surface area contributed by atoms with Crippen LogP contribution in [-0.4, -0.2) is 23.7 Å². The zero-order valence-corrected chi connectivity index (χ0v) is 9.82. The van der Waals surface area contributed by atoms with Crippen molar-refractivity contribution in [3.05, 3.63) is 22.4 Å². The molecule has 0 radical (unpaired) electrons. The Balaban J connectivity index is 1.98. The van der Waals surface area contributed by atoms with Crippen LogP contribution >= 0.6 is 11.3 Å². The van der Waals surface area contributed by atoms with Crippen LogP contribution in [0.2, 0.25) is 0 Å². The van der Waals surface area contributed by atoms with E-state index in [1.54, 1.807) is 6.92 Å². The van der Waals surface area contributed by atoms with Gasteiger partial charge in [0.2, 0.25) is 0 Å². The van der Waals surface area contributed by atoms with E-state index in [1.807, 2.05) is 17.5 Å². The van der Waals surface area contributed by atoms with Crippen molar-refractivity contribution in [1.29, 1.82) is 0 Å². The lowest BCUT2D eigenvalue weighted by molar-refractivity contribution is -0.131. The normalized spacial score (nSPS) is 19.2. The molecule has 0 saturated carbocycles. The maximum absolute atomic E-state index is 11.6. The highest BCUT2D eigenvalue weighted by molar-refractivity contribution is 7.12. The van der Waals surface area contributed by atoms with Crippen LogP contribution in [0.15, 0.2) is 27.7 Å². The van der Waals surface area contributed by atoms with Gasteiger partial charge in [-0.05, 0) is 18.4 Å². The summed E-state index contributed by atoms with van der Waals surface area (Å²) in [7, 11) is 0. The van der Waals surface area contributed by atoms with E-state index in [9.17, 15) is 9.59 Å². The highest BCUT2D eigenvalue weighted by atomic mass is 32.1. The number of hydrazone groups is 2. The van der Waals surface area contributed by atoms with Gasteiger partial charge in [0.15, 0.2) is 5.92 Å². The van der Waals surface area contributed by atoms with Gasteiger partial charge in [0, 0.05) is 11.1 Å². The van der Waals surface area contributed by atoms with Crippen molar-refractivity contribution in [2.24, 2.45) is 16.1 Å². The molecular weight excluding hydrogens is 240 g/mol. The molecule has 0 aromatic carbocycles. The summed E-state index contributed by atoms with van der Waals surface area (Å²) in [5.41, 5.74) is 5.23. The SMILES string of the molecule is C/C(=N/NC(=O)[C@H]1C=NNC1=O)c1cccs1. The van der Waals surface area contributed by atoms with Gasteiger partial charge in [-0.2, -0.15) is 10.2 Å². The van der Waals surface area contributed by atoms with E-state index in [4.69, 9.17) is 0 Å². The minimum atomic E-state index is -0.894. The maximum atomic E-state index is 11.6. The Kier molecular flexibility index (Phi) is 3.29. The molecule has 2 N–H and O–H groups in total. The fourth-order valence-electron chi connectivity index (χ4n) is 1.25. The van der Waals surface area contributed by atoms with Gasteiger partial charge in [-0.25, -0.2) is 10.9 Å². The molecule has 2 rings (SSSR count). The van der Waals surface area contributed by atoms with E-state index in [1.165, 1.54) is 17.6 Å². The minimum absolute atomic E-state index is 0.438. The van der Waals surface area contributed by atoms with Crippen molar-refractivity contribution in [1.82, 2.24) is 10.9 Å². The van der Waals surface area contributed by atoms with Gasteiger partial charge in [0.05, 0.1) is 5.71 Å². The lowest BCUT2D eigenvalue weighted by atomic mass is 10.1. The molecule has 0 aliphatic carbocycles. The Morgan fingerprint density at radius 3 is 3.06 bits per heavy atom. The van der Waals surface area contributed by atoms with Crippen molar-refractivity contribution < 1.29 is 9.59 Å². The second-order valence-electron chi connectivity index (χ2n) is 3.38. The largest absolute Gasteiger partial charge is 0.272 e. The zero-order chi connectivity index (χ0) is 12.3. The summed E-state index contributed by atoms with van der Waals surface area (Å²) in [4.78, 5) is 23.7. The van der Waals surface area contributed by atoms with E-state index in [0.29, 0.717) is 5.71 Å². The summed E-state index contributed by atoms with van der Waals surface area (Å²) in [5, 5.41) is 9.37. The molecule has 88 valence electrons. The summed E-state index contributed by atoms with van der Waals surface area (Å²) in [6.07, 6.45) is 1.26. The van der Waals surface area contributed by atoms with Gasteiger partial charge >= 0.3 is 0 Å². The van der Waals surface area contributed by atoms with Gasteiger partial charge in [0.25, 0.3) is 11.8 Å². The molecule has 0 bridgehead atoms. The molecule has 1 aliphatic heterocycles. The van der Waals surface area contributed by atoms with E-state index >= 15 is 0 Å². The number of carbonyl (C=O) groups is 2. The van der Waals surface area contributed by atoms with Crippen LogP contribution in [0, 0.1) is 5.92 Å². The highest BCUT2D eigenvalue weighted by Gasteiger charge is 2.28. The molecule has 0 unspecified atom stereocenters. The second kappa shape index (κ2) is 4.88. The smallest absolute Gasteiger partial charge is 0.258 e. The average Bonchev–Trinajstić information content (AvgIpc) is 2.95. The van der Waals surface area contributed by atoms with E-state index in [-0.39, 0.29) is 0 Å². The number of nitrogens with one attached hydrogen (secondary N) is 2. The third kappa shape index (κ3) is 2.56. The lowest BCUT2D eigenvalue weighted by Crippen LogP contribution is -2.34. The van der Waals surface area contributed by atoms with Crippen molar-refractivity contribution >= 4 is 35.1 Å². The quantitative estimate of drug-likeness (QED) is 0.460. The Bertz CT molecular complexity index is 492. The fourth-order valence-corrected chi connectivity index (χ4v) is 1.92. The Labute approximate surface area is 101 Å². The minimum Gasteiger partial charge on any atom is -0.272 e. The van der Waals surface area contributed by atoms with Crippen LogP contribution in [0.5, 0.6) is 0 Å². The second-order valence-corrected chi connectivity index (χ2v) is 4.33. The van der Waals surface area contributed by atoms with E-state index in [2.05, 4.69) is 21.1 Å². The molecule has 2 amide bonds. The predicted molar refractivity (Wildman–Crippen MR) is 64.8 cm³/mol. The first-order valence-corrected chi connectivity index (χ1v) is 5.77. The molecule has 7 heteroatoms. The number of nitrogens with zero attached hydrogens (tertiary/aromatic N) is 2. The third-order valence-electron chi connectivity index (χ3n) is 2.17. The van der Waals surface area contributed by atoms with Crippen LogP contribution in [0.3, 0.4) is 0 Å². The molecule has 6 nitrogen and oxygen atoms in total. The molecular formula is C10H10N4O2S. The summed E-state index contributed by atoms with van der Waals surface area (Å²) < 4.78 is 0. The lowest BCUT2D eigenvalue weighted by Gasteiger charge is -2.03. The van der Waals surface area contributed by atoms with Crippen molar-refractivity contribution in [3.63, 3.8) is 0 Å². The molecule has 1 atom stereocenters. The number of rotatable bonds is 3. The average molecular weight is 250 g/mol.